The van der Waals surface area contributed by atoms with Gasteiger partial charge in [-0.3, -0.25) is 14.4 Å². The van der Waals surface area contributed by atoms with Crippen LogP contribution in [0, 0.1) is 19.8 Å². The lowest BCUT2D eigenvalue weighted by molar-refractivity contribution is 0.0567. The molecule has 0 N–H and O–H groups in total. The van der Waals surface area contributed by atoms with Crippen molar-refractivity contribution < 1.29 is 9.21 Å². The highest BCUT2D eigenvalue weighted by Crippen LogP contribution is 2.46. The lowest BCUT2D eigenvalue weighted by atomic mass is 9.72. The first-order valence-corrected chi connectivity index (χ1v) is 11.4. The zero-order valence-electron chi connectivity index (χ0n) is 18.3. The van der Waals surface area contributed by atoms with Crippen LogP contribution in [0.15, 0.2) is 10.6 Å². The Labute approximate surface area is 177 Å². The van der Waals surface area contributed by atoms with Gasteiger partial charge in [-0.15, -0.1) is 10.2 Å². The van der Waals surface area contributed by atoms with Crippen LogP contribution in [-0.2, 0) is 12.0 Å². The Balaban J connectivity index is 1.41. The number of carbonyl (C=O) groups excluding carboxylic acids is 1. The number of nitrogens with zero attached hydrogens (tertiary/aromatic N) is 6. The van der Waals surface area contributed by atoms with Crippen molar-refractivity contribution in [1.29, 1.82) is 0 Å². The average Bonchev–Trinajstić information content (AvgIpc) is 3.52. The average molecular weight is 413 g/mol. The molecule has 5 rings (SSSR count). The van der Waals surface area contributed by atoms with E-state index in [2.05, 4.69) is 20.2 Å². The fourth-order valence-corrected chi connectivity index (χ4v) is 5.95. The maximum atomic E-state index is 13.3. The summed E-state index contributed by atoms with van der Waals surface area (Å²) in [5, 5.41) is 13.0. The van der Waals surface area contributed by atoms with Crippen molar-refractivity contribution in [3.63, 3.8) is 0 Å². The van der Waals surface area contributed by atoms with Crippen LogP contribution in [0.5, 0.6) is 0 Å². The maximum absolute atomic E-state index is 13.3. The number of aromatic nitrogens is 4. The highest BCUT2D eigenvalue weighted by molar-refractivity contribution is 5.95. The highest BCUT2D eigenvalue weighted by atomic mass is 16.4. The van der Waals surface area contributed by atoms with Crippen LogP contribution in [0.2, 0.25) is 0 Å². The van der Waals surface area contributed by atoms with Crippen LogP contribution in [0.4, 0.5) is 0 Å². The number of piperidine rings is 1. The zero-order chi connectivity index (χ0) is 20.9. The largest absolute Gasteiger partial charge is 0.425 e. The molecule has 0 bridgehead atoms. The predicted molar refractivity (Wildman–Crippen MR) is 111 cm³/mol. The summed E-state index contributed by atoms with van der Waals surface area (Å²) < 4.78 is 7.88. The van der Waals surface area contributed by atoms with Gasteiger partial charge < -0.3 is 9.32 Å². The molecule has 0 unspecified atom stereocenters. The molecule has 2 aliphatic heterocycles. The van der Waals surface area contributed by atoms with E-state index < -0.39 is 0 Å². The van der Waals surface area contributed by atoms with E-state index in [0.717, 1.165) is 49.7 Å². The fourth-order valence-electron chi connectivity index (χ4n) is 5.95. The fraction of sp³-hybridized carbons (Fsp3) is 0.727. The molecule has 3 aliphatic rings. The summed E-state index contributed by atoms with van der Waals surface area (Å²) in [6.45, 7) is 10.1. The van der Waals surface area contributed by atoms with Gasteiger partial charge in [-0.05, 0) is 33.1 Å². The molecule has 1 saturated carbocycles. The molecule has 162 valence electrons. The van der Waals surface area contributed by atoms with Crippen molar-refractivity contribution in [3.8, 4) is 0 Å². The molecule has 1 aliphatic carbocycles. The molecule has 1 amide bonds. The summed E-state index contributed by atoms with van der Waals surface area (Å²) >= 11 is 0. The third-order valence-electron chi connectivity index (χ3n) is 7.70. The Morgan fingerprint density at radius 3 is 2.70 bits per heavy atom. The summed E-state index contributed by atoms with van der Waals surface area (Å²) in [7, 11) is 0. The van der Waals surface area contributed by atoms with Crippen LogP contribution in [0.25, 0.3) is 0 Å². The van der Waals surface area contributed by atoms with Crippen molar-refractivity contribution in [3.05, 3.63) is 29.2 Å². The first-order chi connectivity index (χ1) is 14.5. The van der Waals surface area contributed by atoms with Crippen molar-refractivity contribution in [1.82, 2.24) is 29.8 Å². The Kier molecular flexibility index (Phi) is 4.92. The Bertz CT molecular complexity index is 930. The third kappa shape index (κ3) is 3.07. The molecule has 8 nitrogen and oxygen atoms in total. The monoisotopic (exact) mass is 412 g/mol. The number of carbonyl (C=O) groups is 1. The van der Waals surface area contributed by atoms with Gasteiger partial charge in [0.2, 0.25) is 11.8 Å². The first kappa shape index (κ1) is 19.7. The van der Waals surface area contributed by atoms with Gasteiger partial charge in [-0.25, -0.2) is 0 Å². The van der Waals surface area contributed by atoms with Crippen LogP contribution in [0.3, 0.4) is 0 Å². The molecule has 2 saturated heterocycles. The van der Waals surface area contributed by atoms with Gasteiger partial charge in [0.1, 0.15) is 0 Å². The molecule has 2 aromatic heterocycles. The van der Waals surface area contributed by atoms with Gasteiger partial charge in [0, 0.05) is 57.3 Å². The minimum atomic E-state index is -0.136. The molecule has 8 heteroatoms. The summed E-state index contributed by atoms with van der Waals surface area (Å²) in [5.74, 6) is 1.81. The van der Waals surface area contributed by atoms with Crippen LogP contribution in [-0.4, -0.2) is 67.9 Å². The smallest absolute Gasteiger partial charge is 0.257 e. The van der Waals surface area contributed by atoms with Crippen LogP contribution >= 0.6 is 0 Å². The molecule has 2 atom stereocenters. The van der Waals surface area contributed by atoms with Gasteiger partial charge in [0.05, 0.1) is 17.2 Å². The molecular weight excluding hydrogens is 380 g/mol. The normalized spacial score (nSPS) is 27.7. The van der Waals surface area contributed by atoms with Gasteiger partial charge in [0.25, 0.3) is 5.91 Å². The number of rotatable bonds is 4. The van der Waals surface area contributed by atoms with Crippen molar-refractivity contribution in [2.75, 3.05) is 26.2 Å². The van der Waals surface area contributed by atoms with E-state index in [-0.39, 0.29) is 11.3 Å². The van der Waals surface area contributed by atoms with Crippen LogP contribution in [0.1, 0.15) is 66.9 Å². The van der Waals surface area contributed by atoms with Gasteiger partial charge >= 0.3 is 0 Å². The molecule has 2 aromatic rings. The van der Waals surface area contributed by atoms with Crippen molar-refractivity contribution in [2.24, 2.45) is 5.92 Å². The second kappa shape index (κ2) is 7.48. The van der Waals surface area contributed by atoms with Crippen molar-refractivity contribution in [2.45, 2.75) is 70.9 Å². The Hall–Kier alpha value is -2.22. The predicted octanol–water partition coefficient (Wildman–Crippen LogP) is 2.56. The second-order valence-corrected chi connectivity index (χ2v) is 9.31. The molecule has 30 heavy (non-hydrogen) atoms. The minimum Gasteiger partial charge on any atom is -0.425 e. The van der Waals surface area contributed by atoms with E-state index in [9.17, 15) is 4.79 Å². The Morgan fingerprint density at radius 1 is 1.23 bits per heavy atom. The van der Waals surface area contributed by atoms with Crippen molar-refractivity contribution >= 4 is 5.91 Å². The molecule has 0 radical (unpaired) electrons. The summed E-state index contributed by atoms with van der Waals surface area (Å²) in [6.07, 6.45) is 7.81. The van der Waals surface area contributed by atoms with E-state index >= 15 is 0 Å². The van der Waals surface area contributed by atoms with Gasteiger partial charge in [0.15, 0.2) is 0 Å². The van der Waals surface area contributed by atoms with Gasteiger partial charge in [-0.1, -0.05) is 12.8 Å². The molecule has 0 spiro atoms. The number of aryl methyl sites for hydroxylation is 2. The Morgan fingerprint density at radius 2 is 2.03 bits per heavy atom. The number of hydrogen-bond donors (Lipinski definition) is 0. The summed E-state index contributed by atoms with van der Waals surface area (Å²) in [4.78, 5) is 18.0. The third-order valence-corrected chi connectivity index (χ3v) is 7.70. The second-order valence-electron chi connectivity index (χ2n) is 9.31. The standard InChI is InChI=1S/C22H32N6O2/c1-4-28-15(2)19(11-23-28)20(29)26-10-9-22(21-25-24-16(3)30-21)14-27(13-17(22)12-26)18-7-5-6-8-18/h11,17-18H,4-10,12-14H2,1-3H3/t17-,22-/m0/s1. The lowest BCUT2D eigenvalue weighted by Gasteiger charge is -2.41. The SMILES string of the molecule is CCn1ncc(C(=O)N2CC[C@]3(c4nnc(C)o4)CN(C4CCCC4)C[C@@H]3C2)c1C. The molecule has 0 aromatic carbocycles. The number of likely N-dealkylation sites (tertiary alicyclic amines) is 2. The molecule has 3 fully saturated rings. The highest BCUT2D eigenvalue weighted by Gasteiger charge is 2.55. The maximum Gasteiger partial charge on any atom is 0.257 e. The quantitative estimate of drug-likeness (QED) is 0.768. The van der Waals surface area contributed by atoms with E-state index in [4.69, 9.17) is 4.42 Å². The van der Waals surface area contributed by atoms with Crippen LogP contribution < -0.4 is 0 Å². The first-order valence-electron chi connectivity index (χ1n) is 11.4. The van der Waals surface area contributed by atoms with Gasteiger partial charge in [-0.2, -0.15) is 5.10 Å². The van der Waals surface area contributed by atoms with E-state index in [0.29, 0.717) is 24.4 Å². The summed E-state index contributed by atoms with van der Waals surface area (Å²) in [6, 6.07) is 0.658. The number of fused-ring (bicyclic) bond motifs is 1. The number of amides is 1. The molecular formula is C22H32N6O2. The van der Waals surface area contributed by atoms with E-state index in [1.807, 2.05) is 30.4 Å². The minimum absolute atomic E-state index is 0.0989. The number of hydrogen-bond acceptors (Lipinski definition) is 6. The topological polar surface area (TPSA) is 80.3 Å². The lowest BCUT2D eigenvalue weighted by Crippen LogP contribution is -2.51. The summed E-state index contributed by atoms with van der Waals surface area (Å²) in [5.41, 5.74) is 1.54. The zero-order valence-corrected chi connectivity index (χ0v) is 18.3. The van der Waals surface area contributed by atoms with E-state index in [1.54, 1.807) is 6.20 Å². The van der Waals surface area contributed by atoms with E-state index in [1.165, 1.54) is 25.7 Å². The molecule has 4 heterocycles.